The Morgan fingerprint density at radius 1 is 1.39 bits per heavy atom. The molecule has 0 bridgehead atoms. The Labute approximate surface area is 110 Å². The molecule has 0 aliphatic carbocycles. The molecular formula is C14H26N2O2. The summed E-state index contributed by atoms with van der Waals surface area (Å²) in [4.78, 5) is 14.1. The van der Waals surface area contributed by atoms with E-state index >= 15 is 0 Å². The van der Waals surface area contributed by atoms with Crippen molar-refractivity contribution >= 4 is 5.91 Å². The highest BCUT2D eigenvalue weighted by molar-refractivity contribution is 5.79. The fourth-order valence-electron chi connectivity index (χ4n) is 2.96. The van der Waals surface area contributed by atoms with Gasteiger partial charge in [-0.25, -0.2) is 0 Å². The van der Waals surface area contributed by atoms with Crippen LogP contribution in [0.25, 0.3) is 0 Å². The van der Waals surface area contributed by atoms with Gasteiger partial charge in [0.05, 0.1) is 18.6 Å². The second kappa shape index (κ2) is 6.53. The molecule has 0 aromatic carbocycles. The molecule has 1 N–H and O–H groups in total. The number of amides is 1. The monoisotopic (exact) mass is 254 g/mol. The highest BCUT2D eigenvalue weighted by Crippen LogP contribution is 2.22. The summed E-state index contributed by atoms with van der Waals surface area (Å²) in [6, 6.07) is 0. The second-order valence-electron chi connectivity index (χ2n) is 5.82. The van der Waals surface area contributed by atoms with Gasteiger partial charge < -0.3 is 15.0 Å². The lowest BCUT2D eigenvalue weighted by Crippen LogP contribution is -2.36. The van der Waals surface area contributed by atoms with E-state index in [9.17, 15) is 4.79 Å². The van der Waals surface area contributed by atoms with Crippen LogP contribution < -0.4 is 5.32 Å². The zero-order valence-electron chi connectivity index (χ0n) is 11.7. The van der Waals surface area contributed by atoms with E-state index in [1.165, 1.54) is 12.8 Å². The first-order valence-electron chi connectivity index (χ1n) is 7.24. The van der Waals surface area contributed by atoms with Crippen LogP contribution in [0.4, 0.5) is 0 Å². The number of hydrogen-bond acceptors (Lipinski definition) is 3. The summed E-state index contributed by atoms with van der Waals surface area (Å²) < 4.78 is 5.48. The minimum Gasteiger partial charge on any atom is -0.378 e. The smallest absolute Gasteiger partial charge is 0.227 e. The van der Waals surface area contributed by atoms with Crippen molar-refractivity contribution < 1.29 is 9.53 Å². The number of nitrogens with one attached hydrogen (secondary N) is 1. The molecule has 0 saturated carbocycles. The van der Waals surface area contributed by atoms with Gasteiger partial charge in [-0.05, 0) is 51.6 Å². The average molecular weight is 254 g/mol. The third-order valence-electron chi connectivity index (χ3n) is 4.26. The maximum atomic E-state index is 12.2. The van der Waals surface area contributed by atoms with Crippen molar-refractivity contribution in [3.05, 3.63) is 0 Å². The first kappa shape index (κ1) is 13.8. The van der Waals surface area contributed by atoms with Gasteiger partial charge in [-0.3, -0.25) is 4.79 Å². The van der Waals surface area contributed by atoms with Gasteiger partial charge in [0, 0.05) is 13.6 Å². The predicted molar refractivity (Wildman–Crippen MR) is 71.4 cm³/mol. The van der Waals surface area contributed by atoms with Crippen molar-refractivity contribution in [3.63, 3.8) is 0 Å². The number of carbonyl (C=O) groups is 1. The maximum absolute atomic E-state index is 12.2. The number of piperidine rings is 1. The fourth-order valence-corrected chi connectivity index (χ4v) is 2.96. The molecule has 18 heavy (non-hydrogen) atoms. The summed E-state index contributed by atoms with van der Waals surface area (Å²) in [6.45, 7) is 5.82. The van der Waals surface area contributed by atoms with Gasteiger partial charge in [0.2, 0.25) is 5.91 Å². The van der Waals surface area contributed by atoms with E-state index in [4.69, 9.17) is 4.74 Å². The first-order chi connectivity index (χ1) is 8.66. The lowest BCUT2D eigenvalue weighted by molar-refractivity contribution is -0.134. The molecule has 0 radical (unpaired) electrons. The van der Waals surface area contributed by atoms with Gasteiger partial charge in [0.25, 0.3) is 0 Å². The molecule has 2 saturated heterocycles. The van der Waals surface area contributed by atoms with Crippen molar-refractivity contribution in [1.29, 1.82) is 0 Å². The molecule has 104 valence electrons. The van der Waals surface area contributed by atoms with Crippen molar-refractivity contribution in [3.8, 4) is 0 Å². The fraction of sp³-hybridized carbons (Fsp3) is 0.929. The lowest BCUT2D eigenvalue weighted by atomic mass is 9.94. The third kappa shape index (κ3) is 3.69. The molecule has 4 heteroatoms. The van der Waals surface area contributed by atoms with Gasteiger partial charge in [-0.2, -0.15) is 0 Å². The molecule has 2 aliphatic rings. The Hall–Kier alpha value is -0.610. The number of ether oxygens (including phenoxy) is 1. The van der Waals surface area contributed by atoms with Gasteiger partial charge in [0.15, 0.2) is 0 Å². The van der Waals surface area contributed by atoms with E-state index in [0.29, 0.717) is 6.61 Å². The molecule has 2 atom stereocenters. The van der Waals surface area contributed by atoms with E-state index in [0.717, 1.165) is 38.4 Å². The Morgan fingerprint density at radius 3 is 2.72 bits per heavy atom. The van der Waals surface area contributed by atoms with Gasteiger partial charge >= 0.3 is 0 Å². The van der Waals surface area contributed by atoms with Crippen molar-refractivity contribution in [2.75, 3.05) is 33.3 Å². The van der Waals surface area contributed by atoms with Crippen LogP contribution in [0.5, 0.6) is 0 Å². The Kier molecular flexibility index (Phi) is 5.01. The number of nitrogens with zero attached hydrogens (tertiary/aromatic N) is 1. The predicted octanol–water partition coefficient (Wildman–Crippen LogP) is 1.26. The van der Waals surface area contributed by atoms with Crippen molar-refractivity contribution in [2.24, 2.45) is 11.8 Å². The summed E-state index contributed by atoms with van der Waals surface area (Å²) in [5.74, 6) is 1.16. The van der Waals surface area contributed by atoms with Crippen molar-refractivity contribution in [1.82, 2.24) is 10.2 Å². The minimum absolute atomic E-state index is 0.0954. The molecular weight excluding hydrogens is 228 g/mol. The maximum Gasteiger partial charge on any atom is 0.227 e. The topological polar surface area (TPSA) is 41.6 Å². The van der Waals surface area contributed by atoms with E-state index in [1.807, 2.05) is 18.9 Å². The van der Waals surface area contributed by atoms with E-state index < -0.39 is 0 Å². The molecule has 2 heterocycles. The first-order valence-corrected chi connectivity index (χ1v) is 7.24. The summed E-state index contributed by atoms with van der Waals surface area (Å²) >= 11 is 0. The normalized spacial score (nSPS) is 29.4. The molecule has 4 nitrogen and oxygen atoms in total. The standard InChI is InChI=1S/C14H26N2O2/c1-11-9-13(10-18-11)14(17)16(2)8-5-12-3-6-15-7-4-12/h11-13,15H,3-10H2,1-2H3. The molecule has 2 unspecified atom stereocenters. The largest absolute Gasteiger partial charge is 0.378 e. The van der Waals surface area contributed by atoms with E-state index in [1.54, 1.807) is 0 Å². The molecule has 2 aliphatic heterocycles. The minimum atomic E-state index is 0.0954. The summed E-state index contributed by atoms with van der Waals surface area (Å²) in [6.07, 6.45) is 4.79. The van der Waals surface area contributed by atoms with Crippen LogP contribution in [-0.2, 0) is 9.53 Å². The van der Waals surface area contributed by atoms with Gasteiger partial charge in [-0.1, -0.05) is 0 Å². The number of rotatable bonds is 4. The highest BCUT2D eigenvalue weighted by atomic mass is 16.5. The van der Waals surface area contributed by atoms with Crippen LogP contribution in [0, 0.1) is 11.8 Å². The van der Waals surface area contributed by atoms with Crippen LogP contribution in [0.1, 0.15) is 32.6 Å². The van der Waals surface area contributed by atoms with Crippen LogP contribution in [-0.4, -0.2) is 50.2 Å². The summed E-state index contributed by atoms with van der Waals surface area (Å²) in [5.41, 5.74) is 0. The Morgan fingerprint density at radius 2 is 2.11 bits per heavy atom. The summed E-state index contributed by atoms with van der Waals surface area (Å²) in [7, 11) is 1.94. The Bertz CT molecular complexity index is 277. The quantitative estimate of drug-likeness (QED) is 0.821. The summed E-state index contributed by atoms with van der Waals surface area (Å²) in [5, 5.41) is 3.38. The molecule has 0 aromatic rings. The molecule has 0 spiro atoms. The van der Waals surface area contributed by atoms with Crippen LogP contribution in [0.15, 0.2) is 0 Å². The zero-order valence-corrected chi connectivity index (χ0v) is 11.7. The van der Waals surface area contributed by atoms with Crippen LogP contribution in [0.3, 0.4) is 0 Å². The average Bonchev–Trinajstić information content (AvgIpc) is 2.83. The highest BCUT2D eigenvalue weighted by Gasteiger charge is 2.30. The zero-order chi connectivity index (χ0) is 13.0. The molecule has 0 aromatic heterocycles. The van der Waals surface area contributed by atoms with E-state index in [2.05, 4.69) is 5.32 Å². The van der Waals surface area contributed by atoms with Crippen LogP contribution >= 0.6 is 0 Å². The molecule has 2 rings (SSSR count). The van der Waals surface area contributed by atoms with Gasteiger partial charge in [-0.15, -0.1) is 0 Å². The number of carbonyl (C=O) groups excluding carboxylic acids is 1. The SMILES string of the molecule is CC1CC(C(=O)N(C)CCC2CCNCC2)CO1. The van der Waals surface area contributed by atoms with Crippen molar-refractivity contribution in [2.45, 2.75) is 38.7 Å². The number of hydrogen-bond donors (Lipinski definition) is 1. The molecule has 2 fully saturated rings. The van der Waals surface area contributed by atoms with E-state index in [-0.39, 0.29) is 17.9 Å². The Balaban J connectivity index is 1.70. The van der Waals surface area contributed by atoms with Crippen LogP contribution in [0.2, 0.25) is 0 Å². The third-order valence-corrected chi connectivity index (χ3v) is 4.26. The molecule has 1 amide bonds. The van der Waals surface area contributed by atoms with Gasteiger partial charge in [0.1, 0.15) is 0 Å². The second-order valence-corrected chi connectivity index (χ2v) is 5.82. The lowest BCUT2D eigenvalue weighted by Gasteiger charge is -2.26.